The summed E-state index contributed by atoms with van der Waals surface area (Å²) in [6.07, 6.45) is 8.90. The van der Waals surface area contributed by atoms with Crippen molar-refractivity contribution < 1.29 is 0 Å². The number of aromatic nitrogens is 5. The molecule has 0 bridgehead atoms. The van der Waals surface area contributed by atoms with E-state index in [2.05, 4.69) is 59.8 Å². The van der Waals surface area contributed by atoms with Crippen molar-refractivity contribution in [3.8, 4) is 0 Å². The summed E-state index contributed by atoms with van der Waals surface area (Å²) in [5.74, 6) is 2.64. The van der Waals surface area contributed by atoms with E-state index in [1.807, 2.05) is 24.5 Å². The molecule has 5 nitrogen and oxygen atoms in total. The van der Waals surface area contributed by atoms with E-state index in [0.717, 1.165) is 35.9 Å². The normalized spacial score (nSPS) is 13.5. The molecule has 0 aliphatic carbocycles. The molecule has 3 rings (SSSR count). The minimum atomic E-state index is 0.182. The Morgan fingerprint density at radius 1 is 0.778 bits per heavy atom. The third-order valence-corrected chi connectivity index (χ3v) is 4.77. The monoisotopic (exact) mass is 361 g/mol. The zero-order chi connectivity index (χ0) is 19.2. The van der Waals surface area contributed by atoms with E-state index in [0.29, 0.717) is 5.92 Å². The molecule has 27 heavy (non-hydrogen) atoms. The van der Waals surface area contributed by atoms with E-state index in [4.69, 9.17) is 4.98 Å². The Morgan fingerprint density at radius 3 is 2.26 bits per heavy atom. The van der Waals surface area contributed by atoms with Gasteiger partial charge in [-0.2, -0.15) is 0 Å². The topological polar surface area (TPSA) is 64.5 Å². The first-order valence-electron chi connectivity index (χ1n) is 9.56. The second kappa shape index (κ2) is 8.80. The summed E-state index contributed by atoms with van der Waals surface area (Å²) in [6.45, 7) is 8.71. The highest BCUT2D eigenvalue weighted by Crippen LogP contribution is 2.21. The molecule has 0 radical (unpaired) electrons. The zero-order valence-electron chi connectivity index (χ0n) is 16.5. The van der Waals surface area contributed by atoms with Crippen molar-refractivity contribution in [3.05, 3.63) is 77.7 Å². The molecule has 0 aliphatic heterocycles. The van der Waals surface area contributed by atoms with Gasteiger partial charge in [-0.25, -0.2) is 19.9 Å². The molecule has 5 heteroatoms. The fraction of sp³-hybridized carbons (Fsp3) is 0.409. The standard InChI is InChI=1S/C22H27N5/c1-15(2)18-6-10-23-19(14-18)12-16(3)20-7-11-24-21(27-20)13-17(4)22-25-8-5-9-26-22/h5-11,14-17H,12-13H2,1-4H3. The third kappa shape index (κ3) is 5.16. The molecule has 0 aliphatic rings. The van der Waals surface area contributed by atoms with Crippen LogP contribution in [0.2, 0.25) is 0 Å². The maximum Gasteiger partial charge on any atom is 0.131 e. The Morgan fingerprint density at radius 2 is 1.52 bits per heavy atom. The van der Waals surface area contributed by atoms with Crippen LogP contribution in [0, 0.1) is 0 Å². The Balaban J connectivity index is 1.70. The summed E-state index contributed by atoms with van der Waals surface area (Å²) in [5.41, 5.74) is 3.49. The molecule has 3 heterocycles. The van der Waals surface area contributed by atoms with Crippen molar-refractivity contribution in [2.24, 2.45) is 0 Å². The summed E-state index contributed by atoms with van der Waals surface area (Å²) in [4.78, 5) is 22.5. The Kier molecular flexibility index (Phi) is 6.22. The fourth-order valence-electron chi connectivity index (χ4n) is 3.10. The van der Waals surface area contributed by atoms with Gasteiger partial charge in [0.15, 0.2) is 0 Å². The lowest BCUT2D eigenvalue weighted by atomic mass is 9.97. The summed E-state index contributed by atoms with van der Waals surface area (Å²) >= 11 is 0. The van der Waals surface area contributed by atoms with Crippen molar-refractivity contribution in [3.63, 3.8) is 0 Å². The first-order chi connectivity index (χ1) is 13.0. The molecule has 3 aromatic rings. The molecule has 0 saturated carbocycles. The Labute approximate surface area is 161 Å². The molecule has 0 N–H and O–H groups in total. The first-order valence-corrected chi connectivity index (χ1v) is 9.56. The van der Waals surface area contributed by atoms with Crippen LogP contribution >= 0.6 is 0 Å². The SMILES string of the molecule is CC(C)c1ccnc(CC(C)c2ccnc(CC(C)c3ncccn3)n2)c1. The average Bonchev–Trinajstić information content (AvgIpc) is 2.69. The van der Waals surface area contributed by atoms with Gasteiger partial charge in [-0.05, 0) is 42.2 Å². The Hall–Kier alpha value is -2.69. The molecule has 2 unspecified atom stereocenters. The molecular formula is C22H27N5. The van der Waals surface area contributed by atoms with Gasteiger partial charge in [-0.15, -0.1) is 0 Å². The lowest BCUT2D eigenvalue weighted by Crippen LogP contribution is -2.09. The zero-order valence-corrected chi connectivity index (χ0v) is 16.5. The predicted octanol–water partition coefficient (Wildman–Crippen LogP) is 4.48. The van der Waals surface area contributed by atoms with Crippen LogP contribution in [0.4, 0.5) is 0 Å². The summed E-state index contributed by atoms with van der Waals surface area (Å²) < 4.78 is 0. The quantitative estimate of drug-likeness (QED) is 0.621. The van der Waals surface area contributed by atoms with Crippen LogP contribution in [-0.2, 0) is 12.8 Å². The van der Waals surface area contributed by atoms with Crippen molar-refractivity contribution in [1.29, 1.82) is 0 Å². The maximum absolute atomic E-state index is 4.80. The van der Waals surface area contributed by atoms with Crippen molar-refractivity contribution in [2.75, 3.05) is 0 Å². The molecule has 3 aromatic heterocycles. The molecule has 140 valence electrons. The minimum absolute atomic E-state index is 0.182. The summed E-state index contributed by atoms with van der Waals surface area (Å²) in [5, 5.41) is 0. The number of pyridine rings is 1. The van der Waals surface area contributed by atoms with Gasteiger partial charge in [0.2, 0.25) is 0 Å². The highest BCUT2D eigenvalue weighted by molar-refractivity contribution is 5.21. The predicted molar refractivity (Wildman–Crippen MR) is 107 cm³/mol. The van der Waals surface area contributed by atoms with Gasteiger partial charge in [0.05, 0.1) is 0 Å². The van der Waals surface area contributed by atoms with Gasteiger partial charge in [0, 0.05) is 54.4 Å². The van der Waals surface area contributed by atoms with Crippen LogP contribution in [0.3, 0.4) is 0 Å². The van der Waals surface area contributed by atoms with Crippen LogP contribution in [0.15, 0.2) is 49.1 Å². The number of hydrogen-bond acceptors (Lipinski definition) is 5. The molecule has 0 fully saturated rings. The molecule has 2 atom stereocenters. The van der Waals surface area contributed by atoms with Gasteiger partial charge in [-0.1, -0.05) is 27.7 Å². The van der Waals surface area contributed by atoms with Crippen LogP contribution in [0.25, 0.3) is 0 Å². The van der Waals surface area contributed by atoms with Crippen molar-refractivity contribution in [2.45, 2.75) is 58.3 Å². The van der Waals surface area contributed by atoms with Crippen LogP contribution in [0.5, 0.6) is 0 Å². The number of nitrogens with zero attached hydrogens (tertiary/aromatic N) is 5. The smallest absolute Gasteiger partial charge is 0.131 e. The lowest BCUT2D eigenvalue weighted by molar-refractivity contribution is 0.649. The van der Waals surface area contributed by atoms with Crippen LogP contribution < -0.4 is 0 Å². The highest BCUT2D eigenvalue weighted by Gasteiger charge is 2.14. The van der Waals surface area contributed by atoms with Crippen LogP contribution in [0.1, 0.15) is 74.0 Å². The number of hydrogen-bond donors (Lipinski definition) is 0. The van der Waals surface area contributed by atoms with E-state index in [1.165, 1.54) is 5.56 Å². The molecule has 0 saturated heterocycles. The van der Waals surface area contributed by atoms with Gasteiger partial charge < -0.3 is 0 Å². The van der Waals surface area contributed by atoms with Gasteiger partial charge in [0.25, 0.3) is 0 Å². The third-order valence-electron chi connectivity index (χ3n) is 4.77. The highest BCUT2D eigenvalue weighted by atomic mass is 14.9. The minimum Gasteiger partial charge on any atom is -0.261 e. The molecule has 0 spiro atoms. The average molecular weight is 361 g/mol. The first kappa shape index (κ1) is 19.1. The molecule has 0 amide bonds. The van der Waals surface area contributed by atoms with E-state index in [9.17, 15) is 0 Å². The van der Waals surface area contributed by atoms with E-state index in [-0.39, 0.29) is 11.8 Å². The van der Waals surface area contributed by atoms with E-state index >= 15 is 0 Å². The van der Waals surface area contributed by atoms with Crippen molar-refractivity contribution >= 4 is 0 Å². The van der Waals surface area contributed by atoms with Gasteiger partial charge >= 0.3 is 0 Å². The molecule has 0 aromatic carbocycles. The lowest BCUT2D eigenvalue weighted by Gasteiger charge is -2.14. The maximum atomic E-state index is 4.80. The second-order valence-corrected chi connectivity index (χ2v) is 7.45. The van der Waals surface area contributed by atoms with Gasteiger partial charge in [0.1, 0.15) is 11.6 Å². The van der Waals surface area contributed by atoms with E-state index in [1.54, 1.807) is 12.4 Å². The largest absolute Gasteiger partial charge is 0.261 e. The second-order valence-electron chi connectivity index (χ2n) is 7.45. The number of rotatable bonds is 7. The molecular weight excluding hydrogens is 334 g/mol. The Bertz CT molecular complexity index is 863. The van der Waals surface area contributed by atoms with Crippen molar-refractivity contribution in [1.82, 2.24) is 24.9 Å². The summed E-state index contributed by atoms with van der Waals surface area (Å²) in [6, 6.07) is 8.13. The van der Waals surface area contributed by atoms with E-state index < -0.39 is 0 Å². The fourth-order valence-corrected chi connectivity index (χ4v) is 3.10. The summed E-state index contributed by atoms with van der Waals surface area (Å²) in [7, 11) is 0. The van der Waals surface area contributed by atoms with Crippen LogP contribution in [-0.4, -0.2) is 24.9 Å². The van der Waals surface area contributed by atoms with Gasteiger partial charge in [-0.3, -0.25) is 4.98 Å².